The summed E-state index contributed by atoms with van der Waals surface area (Å²) < 4.78 is 5.17. The summed E-state index contributed by atoms with van der Waals surface area (Å²) in [5.74, 6) is 11.6. The fourth-order valence-electron chi connectivity index (χ4n) is 1.54. The molecule has 0 N–H and O–H groups in total. The van der Waals surface area contributed by atoms with E-state index in [1.54, 1.807) is 0 Å². The van der Waals surface area contributed by atoms with Gasteiger partial charge in [0.25, 0.3) is 0 Å². The number of hydrogen-bond donors (Lipinski definition) is 0. The minimum atomic E-state index is -1.31. The first-order valence-electron chi connectivity index (χ1n) is 6.13. The highest BCUT2D eigenvalue weighted by Crippen LogP contribution is 2.40. The highest BCUT2D eigenvalue weighted by atomic mass is 35.5. The molecule has 0 aliphatic heterocycles. The van der Waals surface area contributed by atoms with Gasteiger partial charge < -0.3 is 4.74 Å². The summed E-state index contributed by atoms with van der Waals surface area (Å²) in [5, 5.41) is 0. The molecule has 0 aromatic rings. The third kappa shape index (κ3) is 2.71. The summed E-state index contributed by atoms with van der Waals surface area (Å²) >= 11 is 6.19. The smallest absolute Gasteiger partial charge is 0.226 e. The summed E-state index contributed by atoms with van der Waals surface area (Å²) in [6.45, 7) is 4.05. The van der Waals surface area contributed by atoms with Crippen molar-refractivity contribution in [1.82, 2.24) is 0 Å². The number of methoxy groups -OCH3 is 1. The van der Waals surface area contributed by atoms with Crippen LogP contribution in [0.4, 0.5) is 0 Å². The van der Waals surface area contributed by atoms with E-state index in [-0.39, 0.29) is 5.78 Å². The number of rotatable bonds is 3. The molecule has 0 saturated carbocycles. The average Bonchev–Trinajstić information content (AvgIpc) is 2.37. The number of unbranched alkanes of at least 4 members (excludes halogenated alkanes) is 2. The predicted octanol–water partition coefficient (Wildman–Crippen LogP) is 3.05. The first kappa shape index (κ1) is 14.7. The van der Waals surface area contributed by atoms with Crippen LogP contribution in [-0.2, 0) is 9.53 Å². The molecule has 0 fully saturated rings. The zero-order chi connectivity index (χ0) is 13.6. The minimum Gasteiger partial charge on any atom is -0.496 e. The maximum Gasteiger partial charge on any atom is 0.226 e. The third-order valence-corrected chi connectivity index (χ3v) is 2.95. The highest BCUT2D eigenvalue weighted by Gasteiger charge is 2.53. The molecule has 0 bridgehead atoms. The van der Waals surface area contributed by atoms with Crippen molar-refractivity contribution in [3.05, 3.63) is 11.3 Å². The number of ketones is 1. The second-order valence-electron chi connectivity index (χ2n) is 4.00. The zero-order valence-corrected chi connectivity index (χ0v) is 11.8. The zero-order valence-electron chi connectivity index (χ0n) is 11.0. The van der Waals surface area contributed by atoms with Gasteiger partial charge in [-0.2, -0.15) is 0 Å². The van der Waals surface area contributed by atoms with Crippen LogP contribution in [0.5, 0.6) is 0 Å². The van der Waals surface area contributed by atoms with E-state index >= 15 is 0 Å². The van der Waals surface area contributed by atoms with Gasteiger partial charge in [0.1, 0.15) is 5.57 Å². The van der Waals surface area contributed by atoms with Crippen LogP contribution in [0.25, 0.3) is 0 Å². The van der Waals surface area contributed by atoms with Crippen molar-refractivity contribution in [2.24, 2.45) is 0 Å². The van der Waals surface area contributed by atoms with Crippen LogP contribution in [-0.4, -0.2) is 17.8 Å². The number of allylic oxidation sites excluding steroid dienone is 2. The largest absolute Gasteiger partial charge is 0.496 e. The van der Waals surface area contributed by atoms with Gasteiger partial charge in [0, 0.05) is 12.8 Å². The standard InChI is InChI=1S/C15H17ClO2/c1-4-6-8-10-12-13(17)15(16,14(12)18-3)11-9-7-5-2/h4-7H2,1-3H3. The Kier molecular flexibility index (Phi) is 5.32. The Morgan fingerprint density at radius 3 is 2.39 bits per heavy atom. The summed E-state index contributed by atoms with van der Waals surface area (Å²) in [4.78, 5) is 10.7. The molecule has 1 aliphatic carbocycles. The van der Waals surface area contributed by atoms with Gasteiger partial charge in [-0.25, -0.2) is 0 Å². The van der Waals surface area contributed by atoms with Crippen molar-refractivity contribution >= 4 is 17.4 Å². The molecule has 3 heteroatoms. The maximum atomic E-state index is 12.0. The lowest BCUT2D eigenvalue weighted by Crippen LogP contribution is -2.45. The molecule has 1 aliphatic rings. The molecule has 0 aromatic carbocycles. The molecule has 0 aromatic heterocycles. The van der Waals surface area contributed by atoms with E-state index in [1.807, 2.05) is 13.8 Å². The van der Waals surface area contributed by atoms with Crippen LogP contribution in [0, 0.1) is 23.7 Å². The second-order valence-corrected chi connectivity index (χ2v) is 4.57. The topological polar surface area (TPSA) is 26.3 Å². The summed E-state index contributed by atoms with van der Waals surface area (Å²) in [6, 6.07) is 0. The van der Waals surface area contributed by atoms with Crippen molar-refractivity contribution in [2.45, 2.75) is 44.4 Å². The number of Topliss-reactive ketones (excluding diaryl/α,β-unsaturated/α-hetero) is 1. The lowest BCUT2D eigenvalue weighted by atomic mass is 9.81. The number of alkyl halides is 1. The van der Waals surface area contributed by atoms with Gasteiger partial charge in [-0.05, 0) is 12.8 Å². The van der Waals surface area contributed by atoms with Gasteiger partial charge in [-0.3, -0.25) is 4.79 Å². The van der Waals surface area contributed by atoms with Crippen molar-refractivity contribution < 1.29 is 9.53 Å². The van der Waals surface area contributed by atoms with E-state index in [0.717, 1.165) is 25.7 Å². The third-order valence-electron chi connectivity index (χ3n) is 2.51. The summed E-state index contributed by atoms with van der Waals surface area (Å²) in [5.41, 5.74) is 0.367. The number of hydrogen-bond acceptors (Lipinski definition) is 2. The van der Waals surface area contributed by atoms with Crippen LogP contribution in [0.15, 0.2) is 11.3 Å². The van der Waals surface area contributed by atoms with Crippen LogP contribution >= 0.6 is 11.6 Å². The number of halogens is 1. The van der Waals surface area contributed by atoms with Gasteiger partial charge in [-0.15, -0.1) is 5.92 Å². The number of carbonyl (C=O) groups is 1. The van der Waals surface area contributed by atoms with E-state index in [2.05, 4.69) is 23.7 Å². The molecule has 0 radical (unpaired) electrons. The fourth-order valence-corrected chi connectivity index (χ4v) is 1.88. The summed E-state index contributed by atoms with van der Waals surface area (Å²) in [7, 11) is 1.49. The Bertz CT molecular complexity index is 482. The molecule has 0 heterocycles. The second kappa shape index (κ2) is 6.53. The van der Waals surface area contributed by atoms with E-state index in [1.165, 1.54) is 7.11 Å². The lowest BCUT2D eigenvalue weighted by Gasteiger charge is -2.31. The van der Waals surface area contributed by atoms with E-state index in [0.29, 0.717) is 11.3 Å². The Morgan fingerprint density at radius 2 is 1.83 bits per heavy atom. The van der Waals surface area contributed by atoms with Gasteiger partial charge in [-0.1, -0.05) is 43.2 Å². The molecule has 1 rings (SSSR count). The van der Waals surface area contributed by atoms with Crippen LogP contribution < -0.4 is 0 Å². The Morgan fingerprint density at radius 1 is 1.22 bits per heavy atom. The molecule has 1 unspecified atom stereocenters. The van der Waals surface area contributed by atoms with Crippen LogP contribution in [0.1, 0.15) is 39.5 Å². The summed E-state index contributed by atoms with van der Waals surface area (Å²) in [6.07, 6.45) is 3.36. The van der Waals surface area contributed by atoms with Crippen molar-refractivity contribution in [2.75, 3.05) is 7.11 Å². The molecular weight excluding hydrogens is 248 g/mol. The molecule has 18 heavy (non-hydrogen) atoms. The van der Waals surface area contributed by atoms with Crippen molar-refractivity contribution in [3.8, 4) is 23.7 Å². The quantitative estimate of drug-likeness (QED) is 0.579. The van der Waals surface area contributed by atoms with Crippen LogP contribution in [0.3, 0.4) is 0 Å². The lowest BCUT2D eigenvalue weighted by molar-refractivity contribution is -0.118. The van der Waals surface area contributed by atoms with Crippen molar-refractivity contribution in [1.29, 1.82) is 0 Å². The monoisotopic (exact) mass is 264 g/mol. The van der Waals surface area contributed by atoms with Gasteiger partial charge in [0.05, 0.1) is 7.11 Å². The highest BCUT2D eigenvalue weighted by molar-refractivity contribution is 6.47. The molecule has 96 valence electrons. The van der Waals surface area contributed by atoms with E-state index in [9.17, 15) is 4.79 Å². The molecular formula is C15H17ClO2. The SMILES string of the molecule is CCCC#CC1=C(OC)C(Cl)(C#CCCC)C1=O. The van der Waals surface area contributed by atoms with Gasteiger partial charge >= 0.3 is 0 Å². The normalized spacial score (nSPS) is 21.4. The molecule has 0 spiro atoms. The number of carbonyl (C=O) groups excluding carboxylic acids is 1. The molecule has 2 nitrogen and oxygen atoms in total. The van der Waals surface area contributed by atoms with Crippen molar-refractivity contribution in [3.63, 3.8) is 0 Å². The van der Waals surface area contributed by atoms with Gasteiger partial charge in [0.2, 0.25) is 10.7 Å². The molecule has 0 saturated heterocycles. The number of ether oxygens (including phenoxy) is 1. The fraction of sp³-hybridized carbons (Fsp3) is 0.533. The maximum absolute atomic E-state index is 12.0. The van der Waals surface area contributed by atoms with Gasteiger partial charge in [0.15, 0.2) is 5.76 Å². The van der Waals surface area contributed by atoms with E-state index in [4.69, 9.17) is 16.3 Å². The Balaban J connectivity index is 2.98. The predicted molar refractivity (Wildman–Crippen MR) is 73.0 cm³/mol. The minimum absolute atomic E-state index is 0.242. The average molecular weight is 265 g/mol. The first-order chi connectivity index (χ1) is 8.61. The molecule has 1 atom stereocenters. The Labute approximate surface area is 114 Å². The van der Waals surface area contributed by atoms with E-state index < -0.39 is 4.87 Å². The Hall–Kier alpha value is -1.38. The molecule has 0 amide bonds. The van der Waals surface area contributed by atoms with Crippen LogP contribution in [0.2, 0.25) is 0 Å². The first-order valence-corrected chi connectivity index (χ1v) is 6.50.